The third kappa shape index (κ3) is 3.05. The van der Waals surface area contributed by atoms with Crippen molar-refractivity contribution in [1.82, 2.24) is 15.0 Å². The van der Waals surface area contributed by atoms with Crippen LogP contribution in [-0.2, 0) is 13.1 Å². The SMILES string of the molecule is CC(c1ccc2ccccc2c1)N(Cc1noc(CN)n1)C1CC1. The third-order valence-corrected chi connectivity index (χ3v) is 4.78. The van der Waals surface area contributed by atoms with E-state index in [1.807, 2.05) is 0 Å². The Labute approximate surface area is 141 Å². The van der Waals surface area contributed by atoms with E-state index in [-0.39, 0.29) is 6.54 Å². The van der Waals surface area contributed by atoms with Crippen molar-refractivity contribution in [3.05, 3.63) is 59.7 Å². The average molecular weight is 322 g/mol. The van der Waals surface area contributed by atoms with Crippen molar-refractivity contribution < 1.29 is 4.52 Å². The fourth-order valence-corrected chi connectivity index (χ4v) is 3.25. The molecule has 0 radical (unpaired) electrons. The quantitative estimate of drug-likeness (QED) is 0.753. The standard InChI is InChI=1S/C19H22N4O/c1-13(15-7-6-14-4-2-3-5-16(14)10-15)23(17-8-9-17)12-18-21-19(11-20)24-22-18/h2-7,10,13,17H,8-9,11-12,20H2,1H3. The van der Waals surface area contributed by atoms with E-state index in [1.54, 1.807) is 0 Å². The molecule has 0 bridgehead atoms. The predicted octanol–water partition coefficient (Wildman–Crippen LogP) is 3.41. The van der Waals surface area contributed by atoms with Crippen molar-refractivity contribution in [1.29, 1.82) is 0 Å². The summed E-state index contributed by atoms with van der Waals surface area (Å²) in [6.07, 6.45) is 2.47. The maximum absolute atomic E-state index is 5.56. The van der Waals surface area contributed by atoms with Crippen molar-refractivity contribution in [2.75, 3.05) is 0 Å². The number of rotatable bonds is 6. The summed E-state index contributed by atoms with van der Waals surface area (Å²) >= 11 is 0. The zero-order chi connectivity index (χ0) is 16.5. The van der Waals surface area contributed by atoms with Crippen LogP contribution in [0.15, 0.2) is 47.0 Å². The van der Waals surface area contributed by atoms with Gasteiger partial charge in [0.15, 0.2) is 5.82 Å². The van der Waals surface area contributed by atoms with Crippen molar-refractivity contribution in [3.63, 3.8) is 0 Å². The molecule has 5 heteroatoms. The van der Waals surface area contributed by atoms with Gasteiger partial charge < -0.3 is 10.3 Å². The summed E-state index contributed by atoms with van der Waals surface area (Å²) in [5.74, 6) is 1.22. The Bertz CT molecular complexity index is 840. The molecule has 1 aliphatic carbocycles. The number of aromatic nitrogens is 2. The van der Waals surface area contributed by atoms with E-state index in [2.05, 4.69) is 64.4 Å². The van der Waals surface area contributed by atoms with Crippen LogP contribution < -0.4 is 5.73 Å². The molecule has 24 heavy (non-hydrogen) atoms. The zero-order valence-corrected chi connectivity index (χ0v) is 13.9. The Hall–Kier alpha value is -2.24. The summed E-state index contributed by atoms with van der Waals surface area (Å²) in [7, 11) is 0. The second-order valence-corrected chi connectivity index (χ2v) is 6.49. The van der Waals surface area contributed by atoms with E-state index < -0.39 is 0 Å². The molecule has 1 unspecified atom stereocenters. The van der Waals surface area contributed by atoms with Gasteiger partial charge in [0.1, 0.15) is 0 Å². The average Bonchev–Trinajstić information content (AvgIpc) is 3.37. The van der Waals surface area contributed by atoms with E-state index in [9.17, 15) is 0 Å². The Morgan fingerprint density at radius 3 is 2.71 bits per heavy atom. The first kappa shape index (κ1) is 15.3. The minimum absolute atomic E-state index is 0.288. The largest absolute Gasteiger partial charge is 0.338 e. The van der Waals surface area contributed by atoms with Gasteiger partial charge in [-0.2, -0.15) is 4.98 Å². The first-order chi connectivity index (χ1) is 11.7. The molecule has 2 aromatic carbocycles. The van der Waals surface area contributed by atoms with Crippen LogP contribution >= 0.6 is 0 Å². The smallest absolute Gasteiger partial charge is 0.240 e. The summed E-state index contributed by atoms with van der Waals surface area (Å²) in [6.45, 7) is 3.24. The van der Waals surface area contributed by atoms with Crippen LogP contribution in [-0.4, -0.2) is 21.1 Å². The van der Waals surface area contributed by atoms with Crippen LogP contribution in [0.3, 0.4) is 0 Å². The van der Waals surface area contributed by atoms with Gasteiger partial charge in [-0.15, -0.1) is 0 Å². The molecule has 1 aromatic heterocycles. The number of nitrogens with zero attached hydrogens (tertiary/aromatic N) is 3. The highest BCUT2D eigenvalue weighted by Crippen LogP contribution is 2.36. The Morgan fingerprint density at radius 2 is 2.00 bits per heavy atom. The van der Waals surface area contributed by atoms with Crippen LogP contribution in [0.4, 0.5) is 0 Å². The van der Waals surface area contributed by atoms with E-state index in [1.165, 1.54) is 29.2 Å². The molecule has 3 aromatic rings. The first-order valence-corrected chi connectivity index (χ1v) is 8.50. The molecular formula is C19H22N4O. The normalized spacial score (nSPS) is 16.0. The van der Waals surface area contributed by atoms with E-state index in [0.29, 0.717) is 24.5 Å². The van der Waals surface area contributed by atoms with Crippen LogP contribution in [0, 0.1) is 0 Å². The molecule has 4 rings (SSSR count). The maximum Gasteiger partial charge on any atom is 0.240 e. The lowest BCUT2D eigenvalue weighted by molar-refractivity contribution is 0.183. The van der Waals surface area contributed by atoms with Gasteiger partial charge in [-0.05, 0) is 42.2 Å². The Morgan fingerprint density at radius 1 is 1.21 bits per heavy atom. The summed E-state index contributed by atoms with van der Waals surface area (Å²) in [5.41, 5.74) is 6.88. The molecule has 0 aliphatic heterocycles. The summed E-state index contributed by atoms with van der Waals surface area (Å²) in [4.78, 5) is 6.83. The molecule has 1 saturated carbocycles. The molecule has 1 heterocycles. The molecular weight excluding hydrogens is 300 g/mol. The van der Waals surface area contributed by atoms with Crippen molar-refractivity contribution in [2.24, 2.45) is 5.73 Å². The predicted molar refractivity (Wildman–Crippen MR) is 93.1 cm³/mol. The summed E-state index contributed by atoms with van der Waals surface area (Å²) < 4.78 is 5.15. The van der Waals surface area contributed by atoms with E-state index >= 15 is 0 Å². The monoisotopic (exact) mass is 322 g/mol. The van der Waals surface area contributed by atoms with E-state index in [0.717, 1.165) is 5.82 Å². The lowest BCUT2D eigenvalue weighted by Crippen LogP contribution is -2.29. The fraction of sp³-hybridized carbons (Fsp3) is 0.368. The van der Waals surface area contributed by atoms with Crippen LogP contribution in [0.2, 0.25) is 0 Å². The van der Waals surface area contributed by atoms with Gasteiger partial charge in [0.2, 0.25) is 5.89 Å². The highest BCUT2D eigenvalue weighted by molar-refractivity contribution is 5.83. The van der Waals surface area contributed by atoms with Crippen LogP contribution in [0.1, 0.15) is 43.1 Å². The summed E-state index contributed by atoms with van der Waals surface area (Å²) in [5, 5.41) is 6.61. The highest BCUT2D eigenvalue weighted by atomic mass is 16.5. The number of nitrogens with two attached hydrogens (primary N) is 1. The lowest BCUT2D eigenvalue weighted by Gasteiger charge is -2.28. The van der Waals surface area contributed by atoms with Gasteiger partial charge in [-0.25, -0.2) is 0 Å². The van der Waals surface area contributed by atoms with Gasteiger partial charge in [0, 0.05) is 12.1 Å². The minimum atomic E-state index is 0.288. The minimum Gasteiger partial charge on any atom is -0.338 e. The van der Waals surface area contributed by atoms with Gasteiger partial charge in [0.25, 0.3) is 0 Å². The molecule has 0 saturated heterocycles. The molecule has 0 spiro atoms. The second kappa shape index (κ2) is 6.34. The van der Waals surface area contributed by atoms with Gasteiger partial charge >= 0.3 is 0 Å². The Kier molecular flexibility index (Phi) is 4.04. The van der Waals surface area contributed by atoms with Gasteiger partial charge in [-0.3, -0.25) is 4.90 Å². The number of hydrogen-bond acceptors (Lipinski definition) is 5. The third-order valence-electron chi connectivity index (χ3n) is 4.78. The molecule has 5 nitrogen and oxygen atoms in total. The second-order valence-electron chi connectivity index (χ2n) is 6.49. The highest BCUT2D eigenvalue weighted by Gasteiger charge is 2.33. The zero-order valence-electron chi connectivity index (χ0n) is 13.9. The van der Waals surface area contributed by atoms with Crippen molar-refractivity contribution >= 4 is 10.8 Å². The number of hydrogen-bond donors (Lipinski definition) is 1. The lowest BCUT2D eigenvalue weighted by atomic mass is 10.0. The molecule has 0 amide bonds. The number of benzene rings is 2. The van der Waals surface area contributed by atoms with Crippen molar-refractivity contribution in [2.45, 2.75) is 44.9 Å². The van der Waals surface area contributed by atoms with Gasteiger partial charge in [-0.1, -0.05) is 41.6 Å². The molecule has 2 N–H and O–H groups in total. The summed E-state index contributed by atoms with van der Waals surface area (Å²) in [6, 6.07) is 16.1. The molecule has 1 fully saturated rings. The molecule has 124 valence electrons. The van der Waals surface area contributed by atoms with Crippen LogP contribution in [0.25, 0.3) is 10.8 Å². The van der Waals surface area contributed by atoms with Gasteiger partial charge in [0.05, 0.1) is 13.1 Å². The maximum atomic E-state index is 5.56. The Balaban J connectivity index is 1.59. The first-order valence-electron chi connectivity index (χ1n) is 8.50. The van der Waals surface area contributed by atoms with E-state index in [4.69, 9.17) is 10.3 Å². The number of fused-ring (bicyclic) bond motifs is 1. The molecule has 1 atom stereocenters. The van der Waals surface area contributed by atoms with Crippen molar-refractivity contribution in [3.8, 4) is 0 Å². The fourth-order valence-electron chi connectivity index (χ4n) is 3.25. The topological polar surface area (TPSA) is 68.2 Å². The van der Waals surface area contributed by atoms with Crippen LogP contribution in [0.5, 0.6) is 0 Å². The molecule has 1 aliphatic rings.